The van der Waals surface area contributed by atoms with Crippen molar-refractivity contribution in [2.24, 2.45) is 0 Å². The number of benzene rings is 1. The minimum Gasteiger partial charge on any atom is -0.454 e. The van der Waals surface area contributed by atoms with Gasteiger partial charge in [-0.2, -0.15) is 13.2 Å². The van der Waals surface area contributed by atoms with E-state index in [1.807, 2.05) is 12.2 Å². The molecule has 1 amide bonds. The third-order valence-electron chi connectivity index (χ3n) is 3.33. The second-order valence-electron chi connectivity index (χ2n) is 5.71. The molecule has 0 spiro atoms. The SMILES string of the molecule is CCCCS(=O)(=O)N[C@@H](C)C(=O)OCC(=O)Nc1ccccc1C(F)(F)F. The summed E-state index contributed by atoms with van der Waals surface area (Å²) in [5, 5.41) is 2.01. The van der Waals surface area contributed by atoms with E-state index in [4.69, 9.17) is 0 Å². The van der Waals surface area contributed by atoms with Gasteiger partial charge in [-0.15, -0.1) is 0 Å². The van der Waals surface area contributed by atoms with Crippen LogP contribution in [-0.4, -0.2) is 38.7 Å². The number of amides is 1. The van der Waals surface area contributed by atoms with Gasteiger partial charge in [0.05, 0.1) is 17.0 Å². The highest BCUT2D eigenvalue weighted by molar-refractivity contribution is 7.89. The largest absolute Gasteiger partial charge is 0.454 e. The minimum atomic E-state index is -4.66. The lowest BCUT2D eigenvalue weighted by Crippen LogP contribution is -2.41. The quantitative estimate of drug-likeness (QED) is 0.609. The summed E-state index contributed by atoms with van der Waals surface area (Å²) in [6.45, 7) is 2.19. The second kappa shape index (κ2) is 9.70. The first-order valence-corrected chi connectivity index (χ1v) is 9.74. The monoisotopic (exact) mass is 410 g/mol. The number of hydrogen-bond donors (Lipinski definition) is 2. The van der Waals surface area contributed by atoms with Crippen molar-refractivity contribution < 1.29 is 35.9 Å². The second-order valence-corrected chi connectivity index (χ2v) is 7.58. The highest BCUT2D eigenvalue weighted by Gasteiger charge is 2.33. The lowest BCUT2D eigenvalue weighted by molar-refractivity contribution is -0.148. The molecule has 152 valence electrons. The summed E-state index contributed by atoms with van der Waals surface area (Å²) in [5.74, 6) is -2.16. The van der Waals surface area contributed by atoms with E-state index in [0.29, 0.717) is 12.8 Å². The molecular formula is C16H21F3N2O5S. The van der Waals surface area contributed by atoms with Crippen LogP contribution in [0.2, 0.25) is 0 Å². The molecule has 2 N–H and O–H groups in total. The molecule has 1 rings (SSSR count). The number of carbonyl (C=O) groups excluding carboxylic acids is 2. The Morgan fingerprint density at radius 2 is 1.85 bits per heavy atom. The highest BCUT2D eigenvalue weighted by atomic mass is 32.2. The standard InChI is InChI=1S/C16H21F3N2O5S/c1-3-4-9-27(24,25)21-11(2)15(23)26-10-14(22)20-13-8-6-5-7-12(13)16(17,18)19/h5-8,11,21H,3-4,9-10H2,1-2H3,(H,20,22)/t11-/m0/s1. The number of esters is 1. The predicted octanol–water partition coefficient (Wildman–Crippen LogP) is 2.30. The van der Waals surface area contributed by atoms with Crippen LogP contribution in [0.4, 0.5) is 18.9 Å². The number of ether oxygens (including phenoxy) is 1. The highest BCUT2D eigenvalue weighted by Crippen LogP contribution is 2.34. The molecule has 0 aromatic heterocycles. The average molecular weight is 410 g/mol. The molecule has 0 radical (unpaired) electrons. The average Bonchev–Trinajstić information content (AvgIpc) is 2.57. The first kappa shape index (κ1) is 22.9. The molecule has 0 aliphatic rings. The first-order valence-electron chi connectivity index (χ1n) is 8.09. The van der Waals surface area contributed by atoms with E-state index in [0.717, 1.165) is 12.1 Å². The Labute approximate surface area is 155 Å². The van der Waals surface area contributed by atoms with Crippen molar-refractivity contribution in [1.29, 1.82) is 0 Å². The van der Waals surface area contributed by atoms with Gasteiger partial charge in [-0.1, -0.05) is 25.5 Å². The Balaban J connectivity index is 2.59. The van der Waals surface area contributed by atoms with Crippen LogP contribution < -0.4 is 10.0 Å². The maximum absolute atomic E-state index is 12.9. The molecule has 7 nitrogen and oxygen atoms in total. The fourth-order valence-electron chi connectivity index (χ4n) is 2.00. The zero-order chi connectivity index (χ0) is 20.7. The molecule has 0 heterocycles. The van der Waals surface area contributed by atoms with Crippen molar-refractivity contribution >= 4 is 27.6 Å². The molecule has 27 heavy (non-hydrogen) atoms. The van der Waals surface area contributed by atoms with E-state index < -0.39 is 52.0 Å². The van der Waals surface area contributed by atoms with Gasteiger partial charge >= 0.3 is 12.1 Å². The van der Waals surface area contributed by atoms with E-state index in [1.165, 1.54) is 19.1 Å². The molecule has 0 bridgehead atoms. The lowest BCUT2D eigenvalue weighted by Gasteiger charge is -2.15. The molecule has 0 aliphatic carbocycles. The number of alkyl halides is 3. The minimum absolute atomic E-state index is 0.157. The maximum Gasteiger partial charge on any atom is 0.418 e. The molecule has 1 aromatic rings. The third-order valence-corrected chi connectivity index (χ3v) is 4.87. The van der Waals surface area contributed by atoms with Gasteiger partial charge in [0.25, 0.3) is 5.91 Å². The Hall–Kier alpha value is -2.14. The van der Waals surface area contributed by atoms with Crippen molar-refractivity contribution in [3.05, 3.63) is 29.8 Å². The van der Waals surface area contributed by atoms with Gasteiger partial charge in [0.15, 0.2) is 6.61 Å². The Kier molecular flexibility index (Phi) is 8.22. The van der Waals surface area contributed by atoms with Crippen molar-refractivity contribution in [3.63, 3.8) is 0 Å². The fraction of sp³-hybridized carbons (Fsp3) is 0.500. The van der Waals surface area contributed by atoms with Gasteiger partial charge in [-0.3, -0.25) is 9.59 Å². The first-order chi connectivity index (χ1) is 12.5. The van der Waals surface area contributed by atoms with Gasteiger partial charge in [0.1, 0.15) is 6.04 Å². The lowest BCUT2D eigenvalue weighted by atomic mass is 10.1. The van der Waals surface area contributed by atoms with Gasteiger partial charge in [-0.05, 0) is 25.5 Å². The topological polar surface area (TPSA) is 102 Å². The number of anilines is 1. The Bertz CT molecular complexity index is 766. The van der Waals surface area contributed by atoms with Crippen LogP contribution in [0.25, 0.3) is 0 Å². The van der Waals surface area contributed by atoms with E-state index >= 15 is 0 Å². The van der Waals surface area contributed by atoms with Gasteiger partial charge in [0, 0.05) is 0 Å². The Morgan fingerprint density at radius 3 is 2.44 bits per heavy atom. The number of para-hydroxylation sites is 1. The molecule has 0 saturated carbocycles. The smallest absolute Gasteiger partial charge is 0.418 e. The molecule has 0 unspecified atom stereocenters. The van der Waals surface area contributed by atoms with Gasteiger partial charge in [-0.25, -0.2) is 13.1 Å². The Morgan fingerprint density at radius 1 is 1.22 bits per heavy atom. The van der Waals surface area contributed by atoms with Gasteiger partial charge < -0.3 is 10.1 Å². The number of nitrogens with one attached hydrogen (secondary N) is 2. The summed E-state index contributed by atoms with van der Waals surface area (Å²) in [7, 11) is -3.67. The van der Waals surface area contributed by atoms with Crippen LogP contribution in [-0.2, 0) is 30.5 Å². The van der Waals surface area contributed by atoms with Gasteiger partial charge in [0.2, 0.25) is 10.0 Å². The third kappa shape index (κ3) is 7.95. The van der Waals surface area contributed by atoms with Crippen LogP contribution in [0, 0.1) is 0 Å². The molecule has 0 fully saturated rings. The summed E-state index contributed by atoms with van der Waals surface area (Å²) < 4.78 is 68.8. The van der Waals surface area contributed by atoms with E-state index in [9.17, 15) is 31.2 Å². The summed E-state index contributed by atoms with van der Waals surface area (Å²) in [6.07, 6.45) is -3.59. The molecule has 1 atom stereocenters. The summed E-state index contributed by atoms with van der Waals surface area (Å²) in [5.41, 5.74) is -1.51. The number of carbonyl (C=O) groups is 2. The van der Waals surface area contributed by atoms with Crippen molar-refractivity contribution in [1.82, 2.24) is 4.72 Å². The normalized spacial score (nSPS) is 13.1. The summed E-state index contributed by atoms with van der Waals surface area (Å²) in [4.78, 5) is 23.5. The van der Waals surface area contributed by atoms with Crippen LogP contribution in [0.15, 0.2) is 24.3 Å². The molecule has 0 aliphatic heterocycles. The van der Waals surface area contributed by atoms with E-state index in [2.05, 4.69) is 9.46 Å². The van der Waals surface area contributed by atoms with Crippen molar-refractivity contribution in [2.75, 3.05) is 17.7 Å². The fourth-order valence-corrected chi connectivity index (χ4v) is 3.42. The van der Waals surface area contributed by atoms with Crippen LogP contribution in [0.1, 0.15) is 32.3 Å². The summed E-state index contributed by atoms with van der Waals surface area (Å²) >= 11 is 0. The number of halogens is 3. The molecule has 11 heteroatoms. The number of hydrogen-bond acceptors (Lipinski definition) is 5. The van der Waals surface area contributed by atoms with Crippen LogP contribution >= 0.6 is 0 Å². The number of unbranched alkanes of at least 4 members (excludes halogenated alkanes) is 1. The zero-order valence-electron chi connectivity index (χ0n) is 14.8. The van der Waals surface area contributed by atoms with Crippen LogP contribution in [0.5, 0.6) is 0 Å². The summed E-state index contributed by atoms with van der Waals surface area (Å²) in [6, 6.07) is 3.11. The molecular weight excluding hydrogens is 389 g/mol. The van der Waals surface area contributed by atoms with E-state index in [1.54, 1.807) is 0 Å². The number of rotatable bonds is 9. The van der Waals surface area contributed by atoms with Crippen molar-refractivity contribution in [2.45, 2.75) is 38.9 Å². The van der Waals surface area contributed by atoms with E-state index in [-0.39, 0.29) is 5.75 Å². The maximum atomic E-state index is 12.9. The van der Waals surface area contributed by atoms with Crippen molar-refractivity contribution in [3.8, 4) is 0 Å². The molecule has 1 aromatic carbocycles. The number of sulfonamides is 1. The zero-order valence-corrected chi connectivity index (χ0v) is 15.6. The van der Waals surface area contributed by atoms with Crippen LogP contribution in [0.3, 0.4) is 0 Å². The predicted molar refractivity (Wildman–Crippen MR) is 92.3 cm³/mol. The molecule has 0 saturated heterocycles.